The monoisotopic (exact) mass is 477 g/mol. The predicted molar refractivity (Wildman–Crippen MR) is 120 cm³/mol. The average Bonchev–Trinajstić information content (AvgIpc) is 2.75. The van der Waals surface area contributed by atoms with E-state index < -0.39 is 22.0 Å². The minimum atomic E-state index is -3.77. The summed E-state index contributed by atoms with van der Waals surface area (Å²) < 4.78 is 33.0. The van der Waals surface area contributed by atoms with Gasteiger partial charge < -0.3 is 10.5 Å². The molecule has 2 amide bonds. The van der Waals surface area contributed by atoms with E-state index in [-0.39, 0.29) is 42.1 Å². The zero-order valence-corrected chi connectivity index (χ0v) is 19.2. The van der Waals surface area contributed by atoms with E-state index in [1.807, 2.05) is 25.1 Å². The normalized spacial score (nSPS) is 17.7. The lowest BCUT2D eigenvalue weighted by Gasteiger charge is -2.40. The number of carbonyl (C=O) groups is 2. The van der Waals surface area contributed by atoms with Gasteiger partial charge in [-0.2, -0.15) is 4.31 Å². The van der Waals surface area contributed by atoms with E-state index in [1.54, 1.807) is 4.90 Å². The molecule has 2 aliphatic heterocycles. The number of sulfonamides is 1. The number of primary amides is 1. The summed E-state index contributed by atoms with van der Waals surface area (Å²) in [5.41, 5.74) is 8.48. The van der Waals surface area contributed by atoms with Gasteiger partial charge in [0.2, 0.25) is 15.9 Å². The first-order valence-electron chi connectivity index (χ1n) is 10.3. The number of nitrogens with zero attached hydrogens (tertiary/aromatic N) is 2. The number of piperidine rings is 1. The van der Waals surface area contributed by atoms with E-state index >= 15 is 0 Å². The molecule has 10 heteroatoms. The van der Waals surface area contributed by atoms with Crippen molar-refractivity contribution in [3.63, 3.8) is 0 Å². The molecule has 0 unspecified atom stereocenters. The highest BCUT2D eigenvalue weighted by Gasteiger charge is 2.37. The molecule has 8 nitrogen and oxygen atoms in total. The Morgan fingerprint density at radius 3 is 2.59 bits per heavy atom. The number of halogens is 1. The van der Waals surface area contributed by atoms with Gasteiger partial charge in [-0.3, -0.25) is 9.69 Å². The molecule has 0 spiro atoms. The second-order valence-corrected chi connectivity index (χ2v) is 10.4. The first-order valence-corrected chi connectivity index (χ1v) is 12.1. The number of ether oxygens (including phenoxy) is 1. The van der Waals surface area contributed by atoms with E-state index in [2.05, 4.69) is 0 Å². The van der Waals surface area contributed by atoms with Gasteiger partial charge in [0.05, 0.1) is 17.0 Å². The second kappa shape index (κ2) is 8.73. The van der Waals surface area contributed by atoms with Crippen LogP contribution in [0.25, 0.3) is 0 Å². The Labute approximate surface area is 191 Å². The number of benzene rings is 2. The van der Waals surface area contributed by atoms with Gasteiger partial charge in [0.25, 0.3) is 0 Å². The molecular weight excluding hydrogens is 454 g/mol. The predicted octanol–water partition coefficient (Wildman–Crippen LogP) is 2.99. The van der Waals surface area contributed by atoms with Crippen molar-refractivity contribution >= 4 is 39.3 Å². The highest BCUT2D eigenvalue weighted by Crippen LogP contribution is 2.35. The molecule has 2 aromatic carbocycles. The van der Waals surface area contributed by atoms with Crippen LogP contribution in [0, 0.1) is 6.92 Å². The number of amides is 2. The molecule has 1 fully saturated rings. The number of cyclic esters (lactones) is 1. The number of hydrogen-bond acceptors (Lipinski definition) is 5. The number of aryl methyl sites for hydroxylation is 1. The Bertz CT molecular complexity index is 1180. The van der Waals surface area contributed by atoms with Crippen molar-refractivity contribution in [2.24, 2.45) is 5.73 Å². The van der Waals surface area contributed by atoms with Gasteiger partial charge in [-0.25, -0.2) is 13.2 Å². The van der Waals surface area contributed by atoms with Crippen LogP contribution in [0.4, 0.5) is 10.5 Å². The highest BCUT2D eigenvalue weighted by atomic mass is 35.5. The fourth-order valence-corrected chi connectivity index (χ4v) is 6.13. The van der Waals surface area contributed by atoms with E-state index in [4.69, 9.17) is 22.1 Å². The van der Waals surface area contributed by atoms with Crippen LogP contribution in [0.1, 0.15) is 29.5 Å². The molecule has 2 aliphatic rings. The van der Waals surface area contributed by atoms with Crippen LogP contribution >= 0.6 is 11.6 Å². The quantitative estimate of drug-likeness (QED) is 0.711. The van der Waals surface area contributed by atoms with Crippen molar-refractivity contribution in [1.82, 2.24) is 4.31 Å². The fraction of sp³-hybridized carbons (Fsp3) is 0.364. The second-order valence-electron chi connectivity index (χ2n) is 8.04. The van der Waals surface area contributed by atoms with E-state index in [0.29, 0.717) is 18.4 Å². The topological polar surface area (TPSA) is 110 Å². The van der Waals surface area contributed by atoms with E-state index in [1.165, 1.54) is 22.5 Å². The van der Waals surface area contributed by atoms with Crippen molar-refractivity contribution in [2.75, 3.05) is 18.0 Å². The summed E-state index contributed by atoms with van der Waals surface area (Å²) in [5, 5.41) is 0.183. The Morgan fingerprint density at radius 1 is 1.22 bits per heavy atom. The zero-order valence-electron chi connectivity index (χ0n) is 17.6. The smallest absolute Gasteiger partial charge is 0.414 e. The molecule has 0 bridgehead atoms. The number of para-hydroxylation sites is 1. The van der Waals surface area contributed by atoms with E-state index in [9.17, 15) is 18.0 Å². The number of fused-ring (bicyclic) bond motifs is 1. The minimum absolute atomic E-state index is 0.0582. The maximum atomic E-state index is 13.1. The minimum Gasteiger partial charge on any atom is -0.444 e. The molecule has 0 aromatic heterocycles. The van der Waals surface area contributed by atoms with Crippen LogP contribution in [0.3, 0.4) is 0 Å². The van der Waals surface area contributed by atoms with Gasteiger partial charge in [-0.1, -0.05) is 35.9 Å². The van der Waals surface area contributed by atoms with Gasteiger partial charge in [-0.15, -0.1) is 0 Å². The largest absolute Gasteiger partial charge is 0.444 e. The molecule has 170 valence electrons. The van der Waals surface area contributed by atoms with Gasteiger partial charge in [0, 0.05) is 29.7 Å². The Kier molecular flexibility index (Phi) is 6.15. The lowest BCUT2D eigenvalue weighted by atomic mass is 10.00. The van der Waals surface area contributed by atoms with Crippen LogP contribution in [-0.2, 0) is 32.6 Å². The van der Waals surface area contributed by atoms with Crippen molar-refractivity contribution in [1.29, 1.82) is 0 Å². The number of nitrogens with two attached hydrogens (primary N) is 1. The van der Waals surface area contributed by atoms with Gasteiger partial charge in [0.1, 0.15) is 6.61 Å². The first-order chi connectivity index (χ1) is 15.2. The van der Waals surface area contributed by atoms with Crippen LogP contribution in [0.15, 0.2) is 41.3 Å². The molecule has 4 rings (SSSR count). The maximum absolute atomic E-state index is 13.1. The molecular formula is C22H24ClN3O5S. The van der Waals surface area contributed by atoms with Crippen molar-refractivity contribution in [2.45, 2.75) is 43.7 Å². The summed E-state index contributed by atoms with van der Waals surface area (Å²) in [6, 6.07) is 9.96. The van der Waals surface area contributed by atoms with Gasteiger partial charge in [0.15, 0.2) is 0 Å². The summed E-state index contributed by atoms with van der Waals surface area (Å²) >= 11 is 6.17. The average molecular weight is 478 g/mol. The number of anilines is 1. The molecule has 0 saturated carbocycles. The molecule has 0 atom stereocenters. The third kappa shape index (κ3) is 4.20. The molecule has 2 N–H and O–H groups in total. The lowest BCUT2D eigenvalue weighted by molar-refractivity contribution is -0.117. The summed E-state index contributed by atoms with van der Waals surface area (Å²) in [6.07, 6.45) is 0.507. The number of rotatable bonds is 5. The number of carbonyl (C=O) groups excluding carboxylic acids is 2. The maximum Gasteiger partial charge on any atom is 0.414 e. The van der Waals surface area contributed by atoms with Gasteiger partial charge in [-0.05, 0) is 43.0 Å². The first kappa shape index (κ1) is 22.6. The van der Waals surface area contributed by atoms with Crippen molar-refractivity contribution < 1.29 is 22.7 Å². The highest BCUT2D eigenvalue weighted by molar-refractivity contribution is 7.89. The summed E-state index contributed by atoms with van der Waals surface area (Å²) in [7, 11) is -3.77. The van der Waals surface area contributed by atoms with E-state index in [0.717, 1.165) is 16.8 Å². The third-order valence-electron chi connectivity index (χ3n) is 5.93. The third-order valence-corrected chi connectivity index (χ3v) is 8.17. The zero-order chi connectivity index (χ0) is 23.0. The molecule has 2 aromatic rings. The summed E-state index contributed by atoms with van der Waals surface area (Å²) in [5.74, 6) is -0.544. The van der Waals surface area contributed by atoms with Crippen LogP contribution < -0.4 is 10.6 Å². The lowest BCUT2D eigenvalue weighted by Crippen LogP contribution is -2.50. The molecule has 1 saturated heterocycles. The van der Waals surface area contributed by atoms with Crippen LogP contribution in [0.5, 0.6) is 0 Å². The Hall–Kier alpha value is -2.62. The molecule has 32 heavy (non-hydrogen) atoms. The van der Waals surface area contributed by atoms with Gasteiger partial charge >= 0.3 is 6.09 Å². The molecule has 0 radical (unpaired) electrons. The van der Waals surface area contributed by atoms with Crippen molar-refractivity contribution in [3.8, 4) is 0 Å². The summed E-state index contributed by atoms with van der Waals surface area (Å²) in [6.45, 7) is 2.72. The molecule has 2 heterocycles. The molecule has 0 aliphatic carbocycles. The summed E-state index contributed by atoms with van der Waals surface area (Å²) in [4.78, 5) is 25.4. The Balaban J connectivity index is 1.51. The van der Waals surface area contributed by atoms with Crippen LogP contribution in [-0.4, -0.2) is 43.9 Å². The number of hydrogen-bond donors (Lipinski definition) is 1. The standard InChI is InChI=1S/C22H24ClN3O5S/c1-14-3-2-4-16-13-31-22(28)26(21(14)16)17-7-9-25(10-8-17)32(29,30)18-6-5-15(11-20(24)27)19(23)12-18/h2-6,12,17H,7-11,13H2,1H3,(H2,24,27). The van der Waals surface area contributed by atoms with Crippen molar-refractivity contribution in [3.05, 3.63) is 58.1 Å². The van der Waals surface area contributed by atoms with Crippen LogP contribution in [0.2, 0.25) is 5.02 Å². The Morgan fingerprint density at radius 2 is 1.94 bits per heavy atom. The fourth-order valence-electron chi connectivity index (χ4n) is 4.32. The SMILES string of the molecule is Cc1cccc2c1N(C1CCN(S(=O)(=O)c3ccc(CC(N)=O)c(Cl)c3)CC1)C(=O)OC2.